The average molecular weight is 258 g/mol. The fourth-order valence-electron chi connectivity index (χ4n) is 1.32. The molecule has 2 amide bonds. The molecule has 0 saturated heterocycles. The average Bonchev–Trinajstić information content (AvgIpc) is 2.25. The zero-order chi connectivity index (χ0) is 14.3. The van der Waals surface area contributed by atoms with Crippen molar-refractivity contribution in [2.24, 2.45) is 11.8 Å². The Morgan fingerprint density at radius 1 is 1.00 bits per heavy atom. The Kier molecular flexibility index (Phi) is 7.39. The van der Waals surface area contributed by atoms with Gasteiger partial charge in [-0.3, -0.25) is 4.79 Å². The summed E-state index contributed by atoms with van der Waals surface area (Å²) in [5.74, 6) is 0.192. The SMILES string of the molecule is CCOC(=O)N[C@H](C(=O)N[C@@H](C)C(C)C)C(C)C. The molecule has 0 bridgehead atoms. The molecule has 0 spiro atoms. The summed E-state index contributed by atoms with van der Waals surface area (Å²) in [6, 6.07) is -0.493. The van der Waals surface area contributed by atoms with E-state index in [1.54, 1.807) is 6.92 Å². The Morgan fingerprint density at radius 3 is 1.94 bits per heavy atom. The lowest BCUT2D eigenvalue weighted by molar-refractivity contribution is -0.124. The molecule has 0 aliphatic carbocycles. The minimum atomic E-state index is -0.565. The number of carbonyl (C=O) groups is 2. The highest BCUT2D eigenvalue weighted by Gasteiger charge is 2.26. The summed E-state index contributed by atoms with van der Waals surface area (Å²) < 4.78 is 4.80. The summed E-state index contributed by atoms with van der Waals surface area (Å²) in [5, 5.41) is 5.49. The summed E-state index contributed by atoms with van der Waals surface area (Å²) >= 11 is 0. The first kappa shape index (κ1) is 16.7. The van der Waals surface area contributed by atoms with Crippen molar-refractivity contribution in [1.82, 2.24) is 10.6 Å². The molecular weight excluding hydrogens is 232 g/mol. The van der Waals surface area contributed by atoms with Crippen molar-refractivity contribution in [2.45, 2.75) is 53.6 Å². The van der Waals surface area contributed by atoms with Gasteiger partial charge in [-0.2, -0.15) is 0 Å². The van der Waals surface area contributed by atoms with E-state index in [4.69, 9.17) is 4.74 Å². The monoisotopic (exact) mass is 258 g/mol. The van der Waals surface area contributed by atoms with Crippen LogP contribution in [0, 0.1) is 11.8 Å². The first-order valence-electron chi connectivity index (χ1n) is 6.53. The van der Waals surface area contributed by atoms with E-state index in [0.717, 1.165) is 0 Å². The molecule has 0 aliphatic rings. The maximum Gasteiger partial charge on any atom is 0.407 e. The lowest BCUT2D eigenvalue weighted by atomic mass is 10.0. The van der Waals surface area contributed by atoms with Crippen LogP contribution in [0.2, 0.25) is 0 Å². The van der Waals surface area contributed by atoms with Crippen LogP contribution in [0.3, 0.4) is 0 Å². The molecule has 18 heavy (non-hydrogen) atoms. The minimum Gasteiger partial charge on any atom is -0.450 e. The molecular formula is C13H26N2O3. The van der Waals surface area contributed by atoms with Gasteiger partial charge in [-0.05, 0) is 25.7 Å². The summed E-state index contributed by atoms with van der Waals surface area (Å²) in [5.41, 5.74) is 0. The van der Waals surface area contributed by atoms with Crippen molar-refractivity contribution >= 4 is 12.0 Å². The van der Waals surface area contributed by atoms with Gasteiger partial charge in [0.15, 0.2) is 0 Å². The first-order chi connectivity index (χ1) is 8.29. The van der Waals surface area contributed by atoms with Crippen LogP contribution in [-0.4, -0.2) is 30.7 Å². The standard InChI is InChI=1S/C13H26N2O3/c1-7-18-13(17)15-11(9(4)5)12(16)14-10(6)8(2)3/h8-11H,7H2,1-6H3,(H,14,16)(H,15,17)/t10-,11-/m0/s1. The van der Waals surface area contributed by atoms with Crippen molar-refractivity contribution in [3.8, 4) is 0 Å². The topological polar surface area (TPSA) is 67.4 Å². The Labute approximate surface area is 110 Å². The van der Waals surface area contributed by atoms with Crippen molar-refractivity contribution in [1.29, 1.82) is 0 Å². The molecule has 0 rings (SSSR count). The second kappa shape index (κ2) is 7.95. The summed E-state index contributed by atoms with van der Waals surface area (Å²) in [6.07, 6.45) is -0.552. The first-order valence-corrected chi connectivity index (χ1v) is 6.53. The quantitative estimate of drug-likeness (QED) is 0.765. The highest BCUT2D eigenvalue weighted by molar-refractivity contribution is 5.86. The van der Waals surface area contributed by atoms with E-state index in [1.807, 2.05) is 34.6 Å². The van der Waals surface area contributed by atoms with E-state index in [9.17, 15) is 9.59 Å². The van der Waals surface area contributed by atoms with Crippen LogP contribution < -0.4 is 10.6 Å². The van der Waals surface area contributed by atoms with Crippen LogP contribution in [0.1, 0.15) is 41.5 Å². The molecule has 0 unspecified atom stereocenters. The number of carbonyl (C=O) groups excluding carboxylic acids is 2. The molecule has 0 aromatic rings. The largest absolute Gasteiger partial charge is 0.450 e. The smallest absolute Gasteiger partial charge is 0.407 e. The van der Waals surface area contributed by atoms with Crippen LogP contribution >= 0.6 is 0 Å². The van der Waals surface area contributed by atoms with Crippen molar-refractivity contribution in [3.05, 3.63) is 0 Å². The molecule has 0 heterocycles. The summed E-state index contributed by atoms with van der Waals surface area (Å²) in [4.78, 5) is 23.4. The Bertz CT molecular complexity index is 277. The van der Waals surface area contributed by atoms with Gasteiger partial charge < -0.3 is 15.4 Å². The predicted molar refractivity (Wildman–Crippen MR) is 71.2 cm³/mol. The molecule has 0 fully saturated rings. The lowest BCUT2D eigenvalue weighted by Gasteiger charge is -2.25. The fraction of sp³-hybridized carbons (Fsp3) is 0.846. The van der Waals surface area contributed by atoms with Gasteiger partial charge in [0.05, 0.1) is 6.61 Å². The molecule has 106 valence electrons. The van der Waals surface area contributed by atoms with E-state index < -0.39 is 12.1 Å². The van der Waals surface area contributed by atoms with Gasteiger partial charge in [0.1, 0.15) is 6.04 Å². The van der Waals surface area contributed by atoms with Gasteiger partial charge in [0, 0.05) is 6.04 Å². The van der Waals surface area contributed by atoms with E-state index in [2.05, 4.69) is 10.6 Å². The second-order valence-electron chi connectivity index (χ2n) is 5.13. The molecule has 5 heteroatoms. The van der Waals surface area contributed by atoms with Crippen molar-refractivity contribution < 1.29 is 14.3 Å². The van der Waals surface area contributed by atoms with Crippen LogP contribution in [0.5, 0.6) is 0 Å². The molecule has 0 radical (unpaired) electrons. The number of alkyl carbamates (subject to hydrolysis) is 1. The van der Waals surface area contributed by atoms with E-state index >= 15 is 0 Å². The van der Waals surface area contributed by atoms with Gasteiger partial charge in [-0.15, -0.1) is 0 Å². The summed E-state index contributed by atoms with van der Waals surface area (Å²) in [7, 11) is 0. The van der Waals surface area contributed by atoms with Gasteiger partial charge in [0.25, 0.3) is 0 Å². The van der Waals surface area contributed by atoms with Gasteiger partial charge in [0.2, 0.25) is 5.91 Å². The maximum atomic E-state index is 12.1. The summed E-state index contributed by atoms with van der Waals surface area (Å²) in [6.45, 7) is 11.8. The number of hydrogen-bond donors (Lipinski definition) is 2. The van der Waals surface area contributed by atoms with Gasteiger partial charge >= 0.3 is 6.09 Å². The number of rotatable bonds is 6. The van der Waals surface area contributed by atoms with Crippen molar-refractivity contribution in [2.75, 3.05) is 6.61 Å². The molecule has 0 aliphatic heterocycles. The molecule has 0 saturated carbocycles. The molecule has 0 aromatic carbocycles. The Hall–Kier alpha value is -1.26. The zero-order valence-electron chi connectivity index (χ0n) is 12.2. The molecule has 0 aromatic heterocycles. The van der Waals surface area contributed by atoms with Crippen molar-refractivity contribution in [3.63, 3.8) is 0 Å². The molecule has 5 nitrogen and oxygen atoms in total. The van der Waals surface area contributed by atoms with E-state index in [1.165, 1.54) is 0 Å². The van der Waals surface area contributed by atoms with Crippen LogP contribution in [0.4, 0.5) is 4.79 Å². The highest BCUT2D eigenvalue weighted by Crippen LogP contribution is 2.05. The normalized spacial score (nSPS) is 14.2. The van der Waals surface area contributed by atoms with E-state index in [-0.39, 0.29) is 17.9 Å². The highest BCUT2D eigenvalue weighted by atomic mass is 16.5. The van der Waals surface area contributed by atoms with Crippen LogP contribution in [0.25, 0.3) is 0 Å². The number of nitrogens with one attached hydrogen (secondary N) is 2. The number of ether oxygens (including phenoxy) is 1. The Balaban J connectivity index is 4.50. The van der Waals surface area contributed by atoms with Crippen LogP contribution in [-0.2, 0) is 9.53 Å². The Morgan fingerprint density at radius 2 is 1.56 bits per heavy atom. The zero-order valence-corrected chi connectivity index (χ0v) is 12.2. The molecule has 2 N–H and O–H groups in total. The van der Waals surface area contributed by atoms with E-state index in [0.29, 0.717) is 12.5 Å². The van der Waals surface area contributed by atoms with Crippen LogP contribution in [0.15, 0.2) is 0 Å². The van der Waals surface area contributed by atoms with Gasteiger partial charge in [-0.25, -0.2) is 4.79 Å². The third kappa shape index (κ3) is 5.89. The fourth-order valence-corrected chi connectivity index (χ4v) is 1.32. The molecule has 2 atom stereocenters. The minimum absolute atomic E-state index is 0.00812. The number of amides is 2. The second-order valence-corrected chi connectivity index (χ2v) is 5.13. The third-order valence-electron chi connectivity index (χ3n) is 2.87. The lowest BCUT2D eigenvalue weighted by Crippen LogP contribution is -2.52. The van der Waals surface area contributed by atoms with Gasteiger partial charge in [-0.1, -0.05) is 27.7 Å². The predicted octanol–water partition coefficient (Wildman–Crippen LogP) is 1.92. The number of hydrogen-bond acceptors (Lipinski definition) is 3. The third-order valence-corrected chi connectivity index (χ3v) is 2.87. The maximum absolute atomic E-state index is 12.1.